The van der Waals surface area contributed by atoms with E-state index in [1.807, 2.05) is 0 Å². The second-order valence-electron chi connectivity index (χ2n) is 5.70. The maximum atomic E-state index is 6.00. The summed E-state index contributed by atoms with van der Waals surface area (Å²) in [6.45, 7) is 12.5. The highest BCUT2D eigenvalue weighted by atomic mass is 16.6. The van der Waals surface area contributed by atoms with E-state index in [0.29, 0.717) is 5.92 Å². The Morgan fingerprint density at radius 3 is 2.12 bits per heavy atom. The summed E-state index contributed by atoms with van der Waals surface area (Å²) in [5, 5.41) is 0. The lowest BCUT2D eigenvalue weighted by molar-refractivity contribution is -0.119. The molecule has 0 aromatic heterocycles. The monoisotopic (exact) mass is 242 g/mol. The molecule has 0 saturated carbocycles. The summed E-state index contributed by atoms with van der Waals surface area (Å²) in [4.78, 5) is 0. The Morgan fingerprint density at radius 2 is 1.65 bits per heavy atom. The predicted molar refractivity (Wildman–Crippen MR) is 72.1 cm³/mol. The molecule has 4 heteroatoms. The van der Waals surface area contributed by atoms with Gasteiger partial charge in [-0.2, -0.15) is 0 Å². The van der Waals surface area contributed by atoms with Crippen LogP contribution in [0.2, 0.25) is 0 Å². The van der Waals surface area contributed by atoms with Crippen LogP contribution >= 0.6 is 0 Å². The van der Waals surface area contributed by atoms with Gasteiger partial charge < -0.3 is 14.2 Å². The van der Waals surface area contributed by atoms with Gasteiger partial charge in [-0.25, -0.2) is 0 Å². The van der Waals surface area contributed by atoms with E-state index in [1.165, 1.54) is 0 Å². The van der Waals surface area contributed by atoms with Crippen molar-refractivity contribution < 1.29 is 14.2 Å². The minimum absolute atomic E-state index is 0.0461. The van der Waals surface area contributed by atoms with Crippen molar-refractivity contribution in [2.75, 3.05) is 0 Å². The minimum atomic E-state index is 0.0461. The molecule has 1 heterocycles. The van der Waals surface area contributed by atoms with Gasteiger partial charge in [0.05, 0.1) is 24.4 Å². The summed E-state index contributed by atoms with van der Waals surface area (Å²) >= 11 is 0. The van der Waals surface area contributed by atoms with Crippen LogP contribution in [0.15, 0.2) is 0 Å². The molecule has 17 heavy (non-hydrogen) atoms. The molecule has 1 aliphatic rings. The first kappa shape index (κ1) is 15.0. The SMILES string of the molecule is B[C@@H]1O[C@H](C(C)OC(C)C)C(OC(C)C)[C@@H]1C. The van der Waals surface area contributed by atoms with Crippen LogP contribution in [0.3, 0.4) is 0 Å². The van der Waals surface area contributed by atoms with E-state index in [-0.39, 0.29) is 36.5 Å². The van der Waals surface area contributed by atoms with Crippen molar-refractivity contribution in [1.29, 1.82) is 0 Å². The molecule has 0 aliphatic carbocycles. The minimum Gasteiger partial charge on any atom is -0.378 e. The van der Waals surface area contributed by atoms with E-state index in [1.54, 1.807) is 0 Å². The summed E-state index contributed by atoms with van der Waals surface area (Å²) in [5.74, 6) is 0.417. The number of rotatable bonds is 5. The lowest BCUT2D eigenvalue weighted by atomic mass is 9.85. The first-order chi connectivity index (χ1) is 7.82. The van der Waals surface area contributed by atoms with E-state index < -0.39 is 0 Å². The van der Waals surface area contributed by atoms with Gasteiger partial charge in [-0.3, -0.25) is 0 Å². The molecule has 3 nitrogen and oxygen atoms in total. The summed E-state index contributed by atoms with van der Waals surface area (Å²) in [7, 11) is 2.11. The molecular formula is C13H27BO3. The molecule has 0 N–H and O–H groups in total. The molecule has 2 unspecified atom stereocenters. The van der Waals surface area contributed by atoms with Gasteiger partial charge >= 0.3 is 0 Å². The molecule has 1 fully saturated rings. The number of ether oxygens (including phenoxy) is 3. The third-order valence-electron chi connectivity index (χ3n) is 3.33. The molecule has 5 atom stereocenters. The fourth-order valence-electron chi connectivity index (χ4n) is 2.42. The largest absolute Gasteiger partial charge is 0.378 e. The van der Waals surface area contributed by atoms with E-state index >= 15 is 0 Å². The number of hydrogen-bond acceptors (Lipinski definition) is 3. The van der Waals surface area contributed by atoms with Crippen LogP contribution in [-0.2, 0) is 14.2 Å². The van der Waals surface area contributed by atoms with E-state index in [2.05, 4.69) is 49.4 Å². The Morgan fingerprint density at radius 1 is 1.06 bits per heavy atom. The third kappa shape index (κ3) is 3.97. The Hall–Kier alpha value is -0.0551. The van der Waals surface area contributed by atoms with Gasteiger partial charge in [0.25, 0.3) is 0 Å². The zero-order valence-corrected chi connectivity index (χ0v) is 12.3. The molecule has 1 aliphatic heterocycles. The Labute approximate surface area is 107 Å². The van der Waals surface area contributed by atoms with Gasteiger partial charge in [-0.15, -0.1) is 0 Å². The van der Waals surface area contributed by atoms with E-state index in [0.717, 1.165) is 0 Å². The summed E-state index contributed by atoms with van der Waals surface area (Å²) in [6, 6.07) is 0.238. The average molecular weight is 242 g/mol. The van der Waals surface area contributed by atoms with Crippen LogP contribution in [0.5, 0.6) is 0 Å². The maximum absolute atomic E-state index is 6.00. The highest BCUT2D eigenvalue weighted by Crippen LogP contribution is 2.31. The van der Waals surface area contributed by atoms with Crippen molar-refractivity contribution in [3.8, 4) is 0 Å². The van der Waals surface area contributed by atoms with Gasteiger partial charge in [0.1, 0.15) is 14.0 Å². The van der Waals surface area contributed by atoms with Gasteiger partial charge in [-0.1, -0.05) is 6.92 Å². The quantitative estimate of drug-likeness (QED) is 0.685. The lowest BCUT2D eigenvalue weighted by Crippen LogP contribution is -2.40. The summed E-state index contributed by atoms with van der Waals surface area (Å²) < 4.78 is 17.8. The number of hydrogen-bond donors (Lipinski definition) is 0. The van der Waals surface area contributed by atoms with Crippen molar-refractivity contribution in [3.05, 3.63) is 0 Å². The van der Waals surface area contributed by atoms with Gasteiger partial charge in [0.2, 0.25) is 0 Å². The third-order valence-corrected chi connectivity index (χ3v) is 3.33. The Balaban J connectivity index is 2.67. The van der Waals surface area contributed by atoms with Gasteiger partial charge in [-0.05, 0) is 34.6 Å². The fourth-order valence-corrected chi connectivity index (χ4v) is 2.42. The molecule has 0 aromatic rings. The van der Waals surface area contributed by atoms with Crippen molar-refractivity contribution in [2.24, 2.45) is 5.92 Å². The molecule has 0 radical (unpaired) electrons. The second kappa shape index (κ2) is 6.21. The normalized spacial score (nSPS) is 35.8. The zero-order chi connectivity index (χ0) is 13.2. The summed E-state index contributed by atoms with van der Waals surface area (Å²) in [5.41, 5.74) is 0. The van der Waals surface area contributed by atoms with Crippen LogP contribution in [-0.4, -0.2) is 44.4 Å². The average Bonchev–Trinajstić information content (AvgIpc) is 2.44. The molecule has 0 amide bonds. The first-order valence-corrected chi connectivity index (χ1v) is 6.79. The predicted octanol–water partition coefficient (Wildman–Crippen LogP) is 1.59. The van der Waals surface area contributed by atoms with Crippen molar-refractivity contribution in [3.63, 3.8) is 0 Å². The highest BCUT2D eigenvalue weighted by Gasteiger charge is 2.43. The Bertz CT molecular complexity index is 233. The molecule has 100 valence electrons. The molecule has 0 aromatic carbocycles. The first-order valence-electron chi connectivity index (χ1n) is 6.79. The zero-order valence-electron chi connectivity index (χ0n) is 12.3. The fraction of sp³-hybridized carbons (Fsp3) is 1.00. The standard InChI is InChI=1S/C13H27BO3/c1-7(2)15-10(6)12-11(16-8(3)4)9(5)13(14)17-12/h7-13H,14H2,1-6H3/t9-,10?,11?,12+,13+/m0/s1. The topological polar surface area (TPSA) is 27.7 Å². The van der Waals surface area contributed by atoms with E-state index in [4.69, 9.17) is 14.2 Å². The van der Waals surface area contributed by atoms with Crippen LogP contribution in [0.4, 0.5) is 0 Å². The molecule has 1 saturated heterocycles. The van der Waals surface area contributed by atoms with Crippen molar-refractivity contribution in [1.82, 2.24) is 0 Å². The molecule has 0 spiro atoms. The second-order valence-corrected chi connectivity index (χ2v) is 5.70. The van der Waals surface area contributed by atoms with Crippen molar-refractivity contribution >= 4 is 7.85 Å². The van der Waals surface area contributed by atoms with Gasteiger partial charge in [0.15, 0.2) is 0 Å². The maximum Gasteiger partial charge on any atom is 0.139 e. The molecule has 1 rings (SSSR count). The van der Waals surface area contributed by atoms with Gasteiger partial charge in [0, 0.05) is 11.9 Å². The Kier molecular flexibility index (Phi) is 5.48. The molecular weight excluding hydrogens is 215 g/mol. The van der Waals surface area contributed by atoms with E-state index in [9.17, 15) is 0 Å². The lowest BCUT2D eigenvalue weighted by Gasteiger charge is -2.29. The summed E-state index contributed by atoms with van der Waals surface area (Å²) in [6.07, 6.45) is 0.708. The van der Waals surface area contributed by atoms with Crippen LogP contribution in [0.1, 0.15) is 41.5 Å². The smallest absolute Gasteiger partial charge is 0.139 e. The van der Waals surface area contributed by atoms with Crippen molar-refractivity contribution in [2.45, 2.75) is 78.1 Å². The van der Waals surface area contributed by atoms with Crippen LogP contribution in [0, 0.1) is 5.92 Å². The van der Waals surface area contributed by atoms with Crippen LogP contribution in [0.25, 0.3) is 0 Å². The van der Waals surface area contributed by atoms with Crippen LogP contribution < -0.4 is 0 Å². The highest BCUT2D eigenvalue weighted by molar-refractivity contribution is 6.11. The molecule has 0 bridgehead atoms.